The van der Waals surface area contributed by atoms with Gasteiger partial charge in [0.2, 0.25) is 0 Å². The Labute approximate surface area is 275 Å². The molecule has 1 saturated carbocycles. The third-order valence-corrected chi connectivity index (χ3v) is 13.5. The summed E-state index contributed by atoms with van der Waals surface area (Å²) in [5.74, 6) is 2.57. The molecule has 4 aliphatic carbocycles. The van der Waals surface area contributed by atoms with E-state index in [4.69, 9.17) is 9.97 Å². The second-order valence-corrected chi connectivity index (χ2v) is 15.9. The Morgan fingerprint density at radius 3 is 2.39 bits per heavy atom. The van der Waals surface area contributed by atoms with Crippen LogP contribution in [0.5, 0.6) is 0 Å². The molecule has 2 aromatic heterocycles. The minimum atomic E-state index is 0.0496. The Bertz CT molecular complexity index is 2220. The smallest absolute Gasteiger partial charge is 0.160 e. The van der Waals surface area contributed by atoms with E-state index in [2.05, 4.69) is 117 Å². The molecule has 10 rings (SSSR count). The first kappa shape index (κ1) is 27.1. The van der Waals surface area contributed by atoms with Crippen LogP contribution in [0.2, 0.25) is 0 Å². The van der Waals surface area contributed by atoms with Gasteiger partial charge in [-0.3, -0.25) is 0 Å². The van der Waals surface area contributed by atoms with Crippen LogP contribution in [0.15, 0.2) is 103 Å². The summed E-state index contributed by atoms with van der Waals surface area (Å²) in [4.78, 5) is 10.5. The number of hydrogen-bond donors (Lipinski definition) is 0. The average molecular weight is 615 g/mol. The molecule has 226 valence electrons. The molecule has 0 saturated heterocycles. The Morgan fingerprint density at radius 1 is 0.739 bits per heavy atom. The van der Waals surface area contributed by atoms with Gasteiger partial charge in [-0.05, 0) is 82.4 Å². The minimum absolute atomic E-state index is 0.0496. The predicted octanol–water partition coefficient (Wildman–Crippen LogP) is 11.5. The fraction of sp³-hybridized carbons (Fsp3) is 0.302. The lowest BCUT2D eigenvalue weighted by atomic mass is 9.59. The molecule has 3 heteroatoms. The van der Waals surface area contributed by atoms with Crippen LogP contribution in [-0.2, 0) is 10.8 Å². The summed E-state index contributed by atoms with van der Waals surface area (Å²) in [7, 11) is 0. The number of aromatic nitrogens is 2. The Hall–Kier alpha value is -4.08. The van der Waals surface area contributed by atoms with Gasteiger partial charge in [0, 0.05) is 26.6 Å². The average Bonchev–Trinajstić information content (AvgIpc) is 3.68. The standard InChI is InChI=1S/C43H38N2S/c1-42(2)34-23-27(38-40-39(30-16-8-10-18-37(30)46-40)45-41(44-38)26-13-5-3-6-14-26)19-20-29(34)31-25-36-32(24-35(31)42)28-15-7-9-17-33(28)43(36)21-11-4-12-22-43/h3,5-10,13-20,23,25,32,35-36H,4,11-12,21-22,24H2,1-2H3. The zero-order valence-corrected chi connectivity index (χ0v) is 27.4. The van der Waals surface area contributed by atoms with Crippen LogP contribution >= 0.6 is 11.3 Å². The van der Waals surface area contributed by atoms with Crippen molar-refractivity contribution < 1.29 is 0 Å². The molecule has 3 atom stereocenters. The Balaban J connectivity index is 1.14. The SMILES string of the molecule is CC1(C)c2cc(-c3nc(-c4ccccc4)nc4c3sc3ccccc34)ccc2C2=CC3C(CC21)c1ccccc1C31CCCCC1. The minimum Gasteiger partial charge on any atom is -0.226 e. The van der Waals surface area contributed by atoms with Crippen LogP contribution in [0.4, 0.5) is 0 Å². The van der Waals surface area contributed by atoms with Gasteiger partial charge < -0.3 is 0 Å². The molecule has 46 heavy (non-hydrogen) atoms. The van der Waals surface area contributed by atoms with Gasteiger partial charge >= 0.3 is 0 Å². The van der Waals surface area contributed by atoms with Crippen LogP contribution in [-0.4, -0.2) is 9.97 Å². The molecule has 0 bridgehead atoms. The molecule has 6 aromatic rings. The highest BCUT2D eigenvalue weighted by molar-refractivity contribution is 7.26. The zero-order chi connectivity index (χ0) is 30.6. The van der Waals surface area contributed by atoms with Gasteiger partial charge in [-0.15, -0.1) is 11.3 Å². The lowest BCUT2D eigenvalue weighted by molar-refractivity contribution is 0.201. The van der Waals surface area contributed by atoms with E-state index in [1.807, 2.05) is 11.3 Å². The van der Waals surface area contributed by atoms with E-state index in [-0.39, 0.29) is 5.41 Å². The maximum Gasteiger partial charge on any atom is 0.160 e. The topological polar surface area (TPSA) is 25.8 Å². The highest BCUT2D eigenvalue weighted by Crippen LogP contribution is 2.66. The maximum absolute atomic E-state index is 5.31. The van der Waals surface area contributed by atoms with E-state index >= 15 is 0 Å². The quantitative estimate of drug-likeness (QED) is 0.194. The van der Waals surface area contributed by atoms with Gasteiger partial charge in [0.05, 0.1) is 15.9 Å². The van der Waals surface area contributed by atoms with Gasteiger partial charge in [0.15, 0.2) is 5.82 Å². The van der Waals surface area contributed by atoms with E-state index in [0.29, 0.717) is 23.2 Å². The third-order valence-electron chi connectivity index (χ3n) is 12.4. The number of rotatable bonds is 2. The summed E-state index contributed by atoms with van der Waals surface area (Å²) in [5.41, 5.74) is 12.7. The summed E-state index contributed by atoms with van der Waals surface area (Å²) >= 11 is 1.82. The highest BCUT2D eigenvalue weighted by atomic mass is 32.1. The van der Waals surface area contributed by atoms with Crippen molar-refractivity contribution in [1.29, 1.82) is 0 Å². The van der Waals surface area contributed by atoms with E-state index < -0.39 is 0 Å². The van der Waals surface area contributed by atoms with Crippen LogP contribution in [0, 0.1) is 11.8 Å². The van der Waals surface area contributed by atoms with E-state index in [1.165, 1.54) is 70.0 Å². The van der Waals surface area contributed by atoms with E-state index in [0.717, 1.165) is 22.6 Å². The molecule has 0 aliphatic heterocycles. The molecule has 3 unspecified atom stereocenters. The van der Waals surface area contributed by atoms with Gasteiger partial charge in [-0.1, -0.05) is 124 Å². The van der Waals surface area contributed by atoms with Crippen LogP contribution in [0.3, 0.4) is 0 Å². The third kappa shape index (κ3) is 3.64. The summed E-state index contributed by atoms with van der Waals surface area (Å²) in [5, 5.41) is 1.21. The largest absolute Gasteiger partial charge is 0.226 e. The first-order valence-corrected chi connectivity index (χ1v) is 18.1. The van der Waals surface area contributed by atoms with E-state index in [1.54, 1.807) is 16.7 Å². The van der Waals surface area contributed by atoms with Crippen molar-refractivity contribution >= 4 is 37.2 Å². The lowest BCUT2D eigenvalue weighted by Gasteiger charge is -2.44. The van der Waals surface area contributed by atoms with Crippen molar-refractivity contribution in [1.82, 2.24) is 9.97 Å². The number of allylic oxidation sites excluding steroid dienone is 2. The molecule has 0 amide bonds. The number of hydrogen-bond acceptors (Lipinski definition) is 3. The maximum atomic E-state index is 5.31. The predicted molar refractivity (Wildman–Crippen MR) is 192 cm³/mol. The number of benzene rings is 4. The first-order valence-electron chi connectivity index (χ1n) is 17.2. The molecule has 0 radical (unpaired) electrons. The molecule has 4 aromatic carbocycles. The summed E-state index contributed by atoms with van der Waals surface area (Å²) in [6.45, 7) is 5.01. The van der Waals surface area contributed by atoms with Crippen molar-refractivity contribution in [3.05, 3.63) is 125 Å². The van der Waals surface area contributed by atoms with Crippen molar-refractivity contribution in [3.8, 4) is 22.6 Å². The van der Waals surface area contributed by atoms with Crippen molar-refractivity contribution in [2.45, 2.75) is 69.1 Å². The second-order valence-electron chi connectivity index (χ2n) is 14.9. The van der Waals surface area contributed by atoms with Crippen LogP contribution in [0.25, 0.3) is 48.5 Å². The van der Waals surface area contributed by atoms with Gasteiger partial charge in [0.25, 0.3) is 0 Å². The monoisotopic (exact) mass is 614 g/mol. The van der Waals surface area contributed by atoms with Gasteiger partial charge in [0.1, 0.15) is 0 Å². The number of nitrogens with zero attached hydrogens (tertiary/aromatic N) is 2. The molecular weight excluding hydrogens is 577 g/mol. The van der Waals surface area contributed by atoms with Crippen molar-refractivity contribution in [2.24, 2.45) is 11.8 Å². The number of fused-ring (bicyclic) bond motifs is 11. The number of thiophene rings is 1. The fourth-order valence-corrected chi connectivity index (χ4v) is 11.3. The first-order chi connectivity index (χ1) is 22.5. The molecule has 2 nitrogen and oxygen atoms in total. The zero-order valence-electron chi connectivity index (χ0n) is 26.6. The fourth-order valence-electron chi connectivity index (χ4n) is 10.2. The molecule has 1 spiro atoms. The second kappa shape index (κ2) is 9.72. The highest BCUT2D eigenvalue weighted by Gasteiger charge is 2.56. The molecular formula is C43H38N2S. The van der Waals surface area contributed by atoms with Crippen molar-refractivity contribution in [2.75, 3.05) is 0 Å². The normalized spacial score (nSPS) is 23.6. The Kier molecular flexibility index (Phi) is 5.72. The molecule has 4 aliphatic rings. The van der Waals surface area contributed by atoms with Gasteiger partial charge in [-0.2, -0.15) is 0 Å². The van der Waals surface area contributed by atoms with E-state index in [9.17, 15) is 0 Å². The summed E-state index contributed by atoms with van der Waals surface area (Å²) < 4.78 is 2.44. The summed E-state index contributed by atoms with van der Waals surface area (Å²) in [6.07, 6.45) is 10.9. The van der Waals surface area contributed by atoms with Crippen molar-refractivity contribution in [3.63, 3.8) is 0 Å². The lowest BCUT2D eigenvalue weighted by Crippen LogP contribution is -2.37. The summed E-state index contributed by atoms with van der Waals surface area (Å²) in [6, 6.07) is 36.0. The molecule has 0 N–H and O–H groups in total. The van der Waals surface area contributed by atoms with Crippen LogP contribution in [0.1, 0.15) is 80.5 Å². The van der Waals surface area contributed by atoms with Crippen LogP contribution < -0.4 is 0 Å². The Morgan fingerprint density at radius 2 is 1.52 bits per heavy atom. The molecule has 2 heterocycles. The van der Waals surface area contributed by atoms with Gasteiger partial charge in [-0.25, -0.2) is 9.97 Å². The molecule has 1 fully saturated rings.